The van der Waals surface area contributed by atoms with Crippen LogP contribution < -0.4 is 5.32 Å². The Kier molecular flexibility index (Phi) is 9.09. The van der Waals surface area contributed by atoms with Crippen molar-refractivity contribution in [3.05, 3.63) is 76.5 Å². The molecular formula is C27H33ClN4O5S. The zero-order chi connectivity index (χ0) is 27.3. The van der Waals surface area contributed by atoms with Gasteiger partial charge in [-0.3, -0.25) is 9.80 Å². The van der Waals surface area contributed by atoms with Crippen molar-refractivity contribution in [3.63, 3.8) is 0 Å². The van der Waals surface area contributed by atoms with Crippen molar-refractivity contribution < 1.29 is 22.7 Å². The van der Waals surface area contributed by atoms with E-state index in [4.69, 9.17) is 16.3 Å². The zero-order valence-corrected chi connectivity index (χ0v) is 23.2. The van der Waals surface area contributed by atoms with Gasteiger partial charge in [0.25, 0.3) is 0 Å². The van der Waals surface area contributed by atoms with E-state index in [-0.39, 0.29) is 17.5 Å². The number of ether oxygens (including phenoxy) is 1. The number of benzene rings is 2. The van der Waals surface area contributed by atoms with Gasteiger partial charge in [0.05, 0.1) is 23.1 Å². The average Bonchev–Trinajstić information content (AvgIpc) is 3.15. The summed E-state index contributed by atoms with van der Waals surface area (Å²) in [7, 11) is -3.61. The summed E-state index contributed by atoms with van der Waals surface area (Å²) in [5, 5.41) is 3.43. The van der Waals surface area contributed by atoms with Crippen LogP contribution >= 0.6 is 11.6 Å². The number of amides is 2. The van der Waals surface area contributed by atoms with Crippen LogP contribution in [-0.2, 0) is 19.6 Å². The molecule has 9 nitrogen and oxygen atoms in total. The number of hydrogen-bond donors (Lipinski definition) is 1. The van der Waals surface area contributed by atoms with Crippen molar-refractivity contribution in [1.82, 2.24) is 19.4 Å². The van der Waals surface area contributed by atoms with E-state index in [1.165, 1.54) is 4.31 Å². The third-order valence-electron chi connectivity index (χ3n) is 6.73. The van der Waals surface area contributed by atoms with E-state index in [1.54, 1.807) is 60.4 Å². The smallest absolute Gasteiger partial charge is 0.338 e. The van der Waals surface area contributed by atoms with Gasteiger partial charge in [-0.05, 0) is 56.6 Å². The average molecular weight is 561 g/mol. The number of likely N-dealkylation sites (N-methyl/N-ethyl adjacent to an activating group) is 1. The van der Waals surface area contributed by atoms with Gasteiger partial charge in [-0.15, -0.1) is 0 Å². The molecule has 0 saturated carbocycles. The fourth-order valence-electron chi connectivity index (χ4n) is 4.89. The minimum Gasteiger partial charge on any atom is -0.463 e. The molecule has 2 amide bonds. The molecule has 1 saturated heterocycles. The number of esters is 1. The molecule has 0 aromatic heterocycles. The van der Waals surface area contributed by atoms with Gasteiger partial charge in [0.15, 0.2) is 0 Å². The Morgan fingerprint density at radius 2 is 1.82 bits per heavy atom. The molecule has 0 radical (unpaired) electrons. The number of sulfonamides is 1. The van der Waals surface area contributed by atoms with Gasteiger partial charge < -0.3 is 10.1 Å². The molecule has 38 heavy (non-hydrogen) atoms. The summed E-state index contributed by atoms with van der Waals surface area (Å²) in [6.45, 7) is 6.18. The molecule has 2 heterocycles. The van der Waals surface area contributed by atoms with Crippen molar-refractivity contribution in [2.45, 2.75) is 31.2 Å². The Balaban J connectivity index is 1.65. The second-order valence-electron chi connectivity index (χ2n) is 9.11. The molecule has 0 aliphatic carbocycles. The highest BCUT2D eigenvalue weighted by Gasteiger charge is 2.38. The number of nitrogens with one attached hydrogen (secondary N) is 1. The van der Waals surface area contributed by atoms with E-state index in [0.717, 1.165) is 0 Å². The summed E-state index contributed by atoms with van der Waals surface area (Å²) < 4.78 is 33.3. The van der Waals surface area contributed by atoms with E-state index in [9.17, 15) is 18.0 Å². The van der Waals surface area contributed by atoms with Crippen molar-refractivity contribution in [1.29, 1.82) is 0 Å². The maximum atomic E-state index is 13.3. The molecule has 1 N–H and O–H groups in total. The Morgan fingerprint density at radius 1 is 1.05 bits per heavy atom. The minimum absolute atomic E-state index is 0.188. The molecule has 2 aromatic carbocycles. The molecule has 2 aliphatic heterocycles. The Hall–Kier alpha value is -2.92. The Bertz CT molecular complexity index is 1300. The van der Waals surface area contributed by atoms with Crippen LogP contribution in [0.2, 0.25) is 5.02 Å². The summed E-state index contributed by atoms with van der Waals surface area (Å²) in [4.78, 5) is 30.4. The lowest BCUT2D eigenvalue weighted by atomic mass is 9.94. The Morgan fingerprint density at radius 3 is 2.50 bits per heavy atom. The van der Waals surface area contributed by atoms with Crippen LogP contribution in [-0.4, -0.2) is 80.4 Å². The highest BCUT2D eigenvalue weighted by atomic mass is 35.5. The monoisotopic (exact) mass is 560 g/mol. The maximum absolute atomic E-state index is 13.3. The lowest BCUT2D eigenvalue weighted by Crippen LogP contribution is -2.51. The first kappa shape index (κ1) is 28.1. The lowest BCUT2D eigenvalue weighted by molar-refractivity contribution is -0.139. The summed E-state index contributed by atoms with van der Waals surface area (Å²) in [5.74, 6) is -0.506. The standard InChI is InChI=1S/C27H33ClN4O5S/c1-3-32-23(19-30-14-9-15-31(17-16-30)38(35,36)22-12-6-5-7-13-22)24(26(33)37-4-2)25(29-27(32)34)20-10-8-11-21(28)18-20/h5-8,10-13,18,25H,3-4,9,14-17,19H2,1-2H3,(H,29,34). The predicted octanol–water partition coefficient (Wildman–Crippen LogP) is 3.64. The maximum Gasteiger partial charge on any atom is 0.338 e. The molecule has 4 rings (SSSR count). The van der Waals surface area contributed by atoms with Crippen LogP contribution in [0.15, 0.2) is 70.8 Å². The van der Waals surface area contributed by atoms with E-state index in [2.05, 4.69) is 10.2 Å². The second-order valence-corrected chi connectivity index (χ2v) is 11.5. The van der Waals surface area contributed by atoms with E-state index >= 15 is 0 Å². The van der Waals surface area contributed by atoms with Gasteiger partial charge in [-0.2, -0.15) is 4.31 Å². The largest absolute Gasteiger partial charge is 0.463 e. The Labute approximate surface area is 229 Å². The van der Waals surface area contributed by atoms with Gasteiger partial charge in [0.2, 0.25) is 10.0 Å². The summed E-state index contributed by atoms with van der Waals surface area (Å²) in [6, 6.07) is 14.4. The highest BCUT2D eigenvalue weighted by Crippen LogP contribution is 2.33. The predicted molar refractivity (Wildman–Crippen MR) is 145 cm³/mol. The number of urea groups is 1. The summed E-state index contributed by atoms with van der Waals surface area (Å²) in [6.07, 6.45) is 0.615. The van der Waals surface area contributed by atoms with Crippen LogP contribution in [0.25, 0.3) is 0 Å². The quantitative estimate of drug-likeness (QED) is 0.495. The van der Waals surface area contributed by atoms with Gasteiger partial charge in [-0.1, -0.05) is 41.9 Å². The normalized spacial score (nSPS) is 19.7. The second kappa shape index (κ2) is 12.3. The van der Waals surface area contributed by atoms with Gasteiger partial charge in [-0.25, -0.2) is 18.0 Å². The van der Waals surface area contributed by atoms with Gasteiger partial charge >= 0.3 is 12.0 Å². The van der Waals surface area contributed by atoms with Gasteiger partial charge in [0, 0.05) is 43.4 Å². The number of nitrogens with zero attached hydrogens (tertiary/aromatic N) is 3. The summed E-state index contributed by atoms with van der Waals surface area (Å²) in [5.41, 5.74) is 1.59. The molecular weight excluding hydrogens is 528 g/mol. The first-order valence-electron chi connectivity index (χ1n) is 12.8. The molecule has 0 spiro atoms. The number of halogens is 1. The van der Waals surface area contributed by atoms with Crippen molar-refractivity contribution in [2.24, 2.45) is 0 Å². The highest BCUT2D eigenvalue weighted by molar-refractivity contribution is 7.89. The molecule has 0 bridgehead atoms. The molecule has 1 unspecified atom stereocenters. The number of hydrogen-bond acceptors (Lipinski definition) is 6. The van der Waals surface area contributed by atoms with Crippen LogP contribution in [0.4, 0.5) is 4.79 Å². The fourth-order valence-corrected chi connectivity index (χ4v) is 6.58. The molecule has 2 aliphatic rings. The first-order chi connectivity index (χ1) is 18.3. The van der Waals surface area contributed by atoms with E-state index in [0.29, 0.717) is 67.5 Å². The molecule has 1 atom stereocenters. The third-order valence-corrected chi connectivity index (χ3v) is 8.88. The molecule has 2 aromatic rings. The lowest BCUT2D eigenvalue weighted by Gasteiger charge is -2.38. The summed E-state index contributed by atoms with van der Waals surface area (Å²) >= 11 is 6.23. The van der Waals surface area contributed by atoms with Crippen LogP contribution in [0.3, 0.4) is 0 Å². The van der Waals surface area contributed by atoms with Gasteiger partial charge in [0.1, 0.15) is 0 Å². The topological polar surface area (TPSA) is 99.3 Å². The number of carbonyl (C=O) groups is 2. The minimum atomic E-state index is -3.61. The number of rotatable bonds is 8. The number of carbonyl (C=O) groups excluding carboxylic acids is 2. The van der Waals surface area contributed by atoms with Crippen LogP contribution in [0, 0.1) is 0 Å². The molecule has 11 heteroatoms. The third kappa shape index (κ3) is 6.04. The fraction of sp³-hybridized carbons (Fsp3) is 0.407. The zero-order valence-electron chi connectivity index (χ0n) is 21.6. The molecule has 204 valence electrons. The van der Waals surface area contributed by atoms with E-state index in [1.807, 2.05) is 13.0 Å². The first-order valence-corrected chi connectivity index (χ1v) is 14.6. The van der Waals surface area contributed by atoms with Crippen molar-refractivity contribution in [2.75, 3.05) is 45.9 Å². The van der Waals surface area contributed by atoms with Crippen LogP contribution in [0.5, 0.6) is 0 Å². The molecule has 1 fully saturated rings. The van der Waals surface area contributed by atoms with Crippen molar-refractivity contribution in [3.8, 4) is 0 Å². The van der Waals surface area contributed by atoms with Crippen molar-refractivity contribution >= 4 is 33.6 Å². The van der Waals surface area contributed by atoms with Crippen LogP contribution in [0.1, 0.15) is 31.9 Å². The SMILES string of the molecule is CCOC(=O)C1=C(CN2CCCN(S(=O)(=O)c3ccccc3)CC2)N(CC)C(=O)NC1c1cccc(Cl)c1. The van der Waals surface area contributed by atoms with E-state index < -0.39 is 22.0 Å².